The van der Waals surface area contributed by atoms with Gasteiger partial charge in [0.2, 0.25) is 0 Å². The molecule has 3 aromatic carbocycles. The minimum absolute atomic E-state index is 0.122. The molecule has 0 bridgehead atoms. The molecule has 3 aromatic rings. The summed E-state index contributed by atoms with van der Waals surface area (Å²) >= 11 is -3.77. The van der Waals surface area contributed by atoms with Crippen LogP contribution >= 0.6 is 18.7 Å². The molecule has 230 valence electrons. The molecule has 43 heavy (non-hydrogen) atoms. The van der Waals surface area contributed by atoms with Gasteiger partial charge in [0.25, 0.3) is 0 Å². The molecule has 0 radical (unpaired) electrons. The summed E-state index contributed by atoms with van der Waals surface area (Å²) in [4.78, 5) is 26.6. The van der Waals surface area contributed by atoms with Gasteiger partial charge in [0.15, 0.2) is 0 Å². The van der Waals surface area contributed by atoms with Crippen LogP contribution in [-0.2, 0) is 16.0 Å². The molecule has 2 fully saturated rings. The second kappa shape index (κ2) is 14.7. The van der Waals surface area contributed by atoms with Gasteiger partial charge in [-0.05, 0) is 0 Å². The molecule has 1 aliphatic carbocycles. The Balaban J connectivity index is 1.07. The van der Waals surface area contributed by atoms with Crippen molar-refractivity contribution in [2.45, 2.75) is 76.7 Å². The van der Waals surface area contributed by atoms with Gasteiger partial charge in [-0.3, -0.25) is 0 Å². The Hall–Kier alpha value is -2.91. The van der Waals surface area contributed by atoms with Crippen molar-refractivity contribution in [1.29, 1.82) is 3.56 Å². The van der Waals surface area contributed by atoms with Gasteiger partial charge >= 0.3 is 243 Å². The molecule has 6 nitrogen and oxygen atoms in total. The number of carboxylic acids is 1. The molecule has 5 rings (SSSR count). The first-order valence-electron chi connectivity index (χ1n) is 15.8. The molecule has 1 heterocycles. The second-order valence-corrected chi connectivity index (χ2v) is 18.3. The third kappa shape index (κ3) is 8.38. The maximum atomic E-state index is 13.6. The number of hydrogen-bond donors (Lipinski definition) is 3. The predicted molar refractivity (Wildman–Crippen MR) is 180 cm³/mol. The monoisotopic (exact) mass is 696 g/mol. The summed E-state index contributed by atoms with van der Waals surface area (Å²) in [6.07, 6.45) is 9.88. The molecule has 0 aromatic heterocycles. The van der Waals surface area contributed by atoms with Crippen LogP contribution in [0.3, 0.4) is 0 Å². The van der Waals surface area contributed by atoms with E-state index in [9.17, 15) is 13.0 Å². The van der Waals surface area contributed by atoms with Gasteiger partial charge in [0, 0.05) is 0 Å². The molecule has 1 saturated heterocycles. The number of halogens is 1. The molecule has 7 heteroatoms. The van der Waals surface area contributed by atoms with Crippen LogP contribution in [0.4, 0.5) is 0 Å². The first kappa shape index (κ1) is 31.5. The van der Waals surface area contributed by atoms with Crippen molar-refractivity contribution in [1.82, 2.24) is 4.90 Å². The van der Waals surface area contributed by atoms with E-state index >= 15 is 0 Å². The first-order chi connectivity index (χ1) is 20.8. The average Bonchev–Trinajstić information content (AvgIpc) is 3.04. The fraction of sp³-hybridized carbons (Fsp3) is 0.444. The van der Waals surface area contributed by atoms with Crippen LogP contribution in [-0.4, -0.2) is 36.3 Å². The number of carbonyl (C=O) groups excluding carboxylic acids is 1. The Morgan fingerprint density at radius 3 is 2.14 bits per heavy atom. The van der Waals surface area contributed by atoms with Crippen LogP contribution in [0.1, 0.15) is 81.4 Å². The van der Waals surface area contributed by atoms with E-state index in [0.717, 1.165) is 78.2 Å². The van der Waals surface area contributed by atoms with E-state index in [-0.39, 0.29) is 18.4 Å². The summed E-state index contributed by atoms with van der Waals surface area (Å²) in [5.74, 6) is 0.260. The number of aryl methyl sites for hydroxylation is 1. The molecule has 1 amide bonds. The Morgan fingerprint density at radius 1 is 0.837 bits per heavy atom. The van der Waals surface area contributed by atoms with E-state index in [2.05, 4.69) is 29.2 Å². The van der Waals surface area contributed by atoms with E-state index in [4.69, 9.17) is 8.67 Å². The number of nitrogens with one attached hydrogen (secondary N) is 1. The van der Waals surface area contributed by atoms with Crippen molar-refractivity contribution in [3.05, 3.63) is 93.6 Å². The number of hydrogen-bond acceptors (Lipinski definition) is 3. The second-order valence-electron chi connectivity index (χ2n) is 12.3. The van der Waals surface area contributed by atoms with Gasteiger partial charge in [-0.1, -0.05) is 18.2 Å². The Morgan fingerprint density at radius 2 is 1.49 bits per heavy atom. The maximum absolute atomic E-state index is 13.6. The Labute approximate surface area is 260 Å². The number of carboxylic acid groups (broad SMARTS) is 1. The van der Waals surface area contributed by atoms with Crippen LogP contribution in [0.25, 0.3) is 11.1 Å². The van der Waals surface area contributed by atoms with Gasteiger partial charge < -0.3 is 0 Å². The number of rotatable bonds is 11. The third-order valence-electron chi connectivity index (χ3n) is 9.31. The zero-order chi connectivity index (χ0) is 30.2. The standard InChI is InChI=1S/C36H45IN2O4/c38-37(43,33-22-20-30(21-23-33)29-16-11-28(12-17-29)15-24-35(40)41)25-6-7-27-13-18-32(19-14-27)36(42)39-26-5-4-10-34(39)31-8-2-1-3-9-31/h1-3,8-9,11-12,16-17,20-23,27,32,34H,4-7,10,13-15,18-19,24-26H2,(H2,38,43)(H,40,41)/t27?,32?,34-/m1/s1. The van der Waals surface area contributed by atoms with Crippen molar-refractivity contribution in [3.8, 4) is 11.1 Å². The molecule has 2 aliphatic rings. The van der Waals surface area contributed by atoms with Crippen molar-refractivity contribution >= 4 is 30.6 Å². The van der Waals surface area contributed by atoms with Gasteiger partial charge in [-0.25, -0.2) is 0 Å². The van der Waals surface area contributed by atoms with Crippen molar-refractivity contribution < 1.29 is 18.1 Å². The zero-order valence-electron chi connectivity index (χ0n) is 25.0. The molecule has 1 unspecified atom stereocenters. The summed E-state index contributed by atoms with van der Waals surface area (Å²) in [6, 6.07) is 26.4. The topological polar surface area (TPSA) is 102 Å². The summed E-state index contributed by atoms with van der Waals surface area (Å²) in [6.45, 7) is 0.869. The van der Waals surface area contributed by atoms with E-state index < -0.39 is 24.6 Å². The fourth-order valence-electron chi connectivity index (χ4n) is 6.78. The van der Waals surface area contributed by atoms with Crippen LogP contribution in [0.5, 0.6) is 0 Å². The molecular formula is C36H45IN2O4. The third-order valence-corrected chi connectivity index (χ3v) is 14.4. The average molecular weight is 697 g/mol. The molecule has 1 saturated carbocycles. The van der Waals surface area contributed by atoms with Crippen molar-refractivity contribution in [3.63, 3.8) is 0 Å². The first-order valence-corrected chi connectivity index (χ1v) is 20.4. The number of nitrogens with zero attached hydrogens (tertiary/aromatic N) is 1. The van der Waals surface area contributed by atoms with E-state index in [0.29, 0.717) is 22.7 Å². The predicted octanol–water partition coefficient (Wildman–Crippen LogP) is 8.59. The van der Waals surface area contributed by atoms with E-state index in [1.807, 2.05) is 54.6 Å². The quantitative estimate of drug-likeness (QED) is 0.138. The van der Waals surface area contributed by atoms with Crippen LogP contribution in [0, 0.1) is 19.0 Å². The minimum atomic E-state index is -3.77. The van der Waals surface area contributed by atoms with Crippen LogP contribution < -0.4 is 0 Å². The summed E-state index contributed by atoms with van der Waals surface area (Å²) in [5, 5.41) is 8.88. The fourth-order valence-corrected chi connectivity index (χ4v) is 10.5. The van der Waals surface area contributed by atoms with Crippen molar-refractivity contribution in [2.75, 3.05) is 11.0 Å². The molecule has 3 N–H and O–H groups in total. The summed E-state index contributed by atoms with van der Waals surface area (Å²) in [5.41, 5.74) is 4.32. The van der Waals surface area contributed by atoms with Gasteiger partial charge in [-0.2, -0.15) is 0 Å². The van der Waals surface area contributed by atoms with Crippen LogP contribution in [0.2, 0.25) is 0 Å². The SMILES string of the molecule is N=I(O)(CCCC1CCC(C(=O)N2CCCC[C@@H]2c2ccccc2)CC1)c1ccc(-c2ccc(CCC(=O)O)cc2)cc1. The Bertz CT molecular complexity index is 1400. The Kier molecular flexibility index (Phi) is 10.8. The number of carbonyl (C=O) groups is 2. The molecule has 2 atom stereocenters. The van der Waals surface area contributed by atoms with Crippen LogP contribution in [0.15, 0.2) is 78.9 Å². The zero-order valence-corrected chi connectivity index (χ0v) is 27.1. The number of aliphatic carboxylic acids is 1. The molecule has 1 aliphatic heterocycles. The number of amides is 1. The van der Waals surface area contributed by atoms with E-state index in [1.165, 1.54) is 12.0 Å². The van der Waals surface area contributed by atoms with Gasteiger partial charge in [-0.15, -0.1) is 0 Å². The molecular weight excluding hydrogens is 651 g/mol. The number of piperidine rings is 1. The normalized spacial score (nSPS) is 22.8. The number of likely N-dealkylation sites (tertiary alicyclic amines) is 1. The number of benzene rings is 3. The summed E-state index contributed by atoms with van der Waals surface area (Å²) in [7, 11) is 0. The van der Waals surface area contributed by atoms with Gasteiger partial charge in [0.05, 0.1) is 0 Å². The number of alkyl halides is 1. The summed E-state index contributed by atoms with van der Waals surface area (Å²) < 4.78 is 21.3. The molecule has 0 spiro atoms. The van der Waals surface area contributed by atoms with Crippen molar-refractivity contribution in [2.24, 2.45) is 11.8 Å². The van der Waals surface area contributed by atoms with Gasteiger partial charge in [0.1, 0.15) is 0 Å². The van der Waals surface area contributed by atoms with E-state index in [1.54, 1.807) is 0 Å².